The normalized spacial score (nSPS) is 14.0. The number of hydrazine groups is 1. The molecule has 3 nitrogen and oxygen atoms in total. The molecular formula is C15H22N2O. The van der Waals surface area contributed by atoms with Crippen molar-refractivity contribution < 1.29 is 4.42 Å². The molecule has 3 heteroatoms. The summed E-state index contributed by atoms with van der Waals surface area (Å²) in [5.74, 6) is 5.69. The van der Waals surface area contributed by atoms with Crippen molar-refractivity contribution in [3.05, 3.63) is 36.1 Å². The Bertz CT molecular complexity index is 510. The molecule has 1 heterocycles. The van der Waals surface area contributed by atoms with Gasteiger partial charge >= 0.3 is 0 Å². The predicted molar refractivity (Wildman–Crippen MR) is 75.0 cm³/mol. The van der Waals surface area contributed by atoms with Crippen molar-refractivity contribution >= 4 is 11.0 Å². The molecule has 0 aliphatic carbocycles. The third-order valence-electron chi connectivity index (χ3n) is 3.27. The van der Waals surface area contributed by atoms with E-state index in [0.717, 1.165) is 29.4 Å². The molecule has 1 aromatic carbocycles. The fourth-order valence-electron chi connectivity index (χ4n) is 2.17. The van der Waals surface area contributed by atoms with Crippen LogP contribution in [0.5, 0.6) is 0 Å². The third kappa shape index (κ3) is 2.92. The Kier molecular flexibility index (Phi) is 3.73. The van der Waals surface area contributed by atoms with Gasteiger partial charge in [0.05, 0.1) is 6.26 Å². The summed E-state index contributed by atoms with van der Waals surface area (Å²) in [4.78, 5) is 0. The zero-order chi connectivity index (χ0) is 13.2. The maximum absolute atomic E-state index is 5.69. The number of nitrogens with one attached hydrogen (secondary N) is 1. The lowest BCUT2D eigenvalue weighted by Crippen LogP contribution is -2.28. The Morgan fingerprint density at radius 2 is 2.00 bits per heavy atom. The second-order valence-electron chi connectivity index (χ2n) is 6.01. The van der Waals surface area contributed by atoms with Crippen molar-refractivity contribution in [2.24, 2.45) is 11.3 Å². The minimum atomic E-state index is 0.146. The number of benzene rings is 1. The molecule has 0 amide bonds. The summed E-state index contributed by atoms with van der Waals surface area (Å²) in [5.41, 5.74) is 5.29. The summed E-state index contributed by atoms with van der Waals surface area (Å²) in [6.45, 7) is 6.73. The molecule has 0 saturated carbocycles. The van der Waals surface area contributed by atoms with Crippen molar-refractivity contribution in [3.8, 4) is 0 Å². The van der Waals surface area contributed by atoms with Gasteiger partial charge in [-0.1, -0.05) is 39.0 Å². The Morgan fingerprint density at radius 3 is 2.67 bits per heavy atom. The molecule has 98 valence electrons. The monoisotopic (exact) mass is 246 g/mol. The lowest BCUT2D eigenvalue weighted by Gasteiger charge is -2.22. The lowest BCUT2D eigenvalue weighted by molar-refractivity contribution is 0.333. The van der Waals surface area contributed by atoms with Crippen molar-refractivity contribution in [1.29, 1.82) is 0 Å². The minimum absolute atomic E-state index is 0.146. The van der Waals surface area contributed by atoms with Gasteiger partial charge in [0.25, 0.3) is 0 Å². The Morgan fingerprint density at radius 1 is 1.28 bits per heavy atom. The van der Waals surface area contributed by atoms with Crippen LogP contribution in [0, 0.1) is 5.41 Å². The lowest BCUT2D eigenvalue weighted by atomic mass is 9.87. The van der Waals surface area contributed by atoms with Crippen molar-refractivity contribution in [3.63, 3.8) is 0 Å². The number of furan rings is 1. The molecular weight excluding hydrogens is 224 g/mol. The van der Waals surface area contributed by atoms with Gasteiger partial charge in [-0.2, -0.15) is 0 Å². The summed E-state index contributed by atoms with van der Waals surface area (Å²) < 4.78 is 5.57. The predicted octanol–water partition coefficient (Wildman–Crippen LogP) is 3.76. The first-order chi connectivity index (χ1) is 8.51. The highest BCUT2D eigenvalue weighted by Gasteiger charge is 2.19. The molecule has 0 saturated heterocycles. The van der Waals surface area contributed by atoms with Crippen LogP contribution in [0.3, 0.4) is 0 Å². The number of nitrogens with two attached hydrogens (primary N) is 1. The van der Waals surface area contributed by atoms with Crippen molar-refractivity contribution in [2.45, 2.75) is 39.7 Å². The van der Waals surface area contributed by atoms with Gasteiger partial charge in [0.1, 0.15) is 5.58 Å². The van der Waals surface area contributed by atoms with Crippen LogP contribution in [0.4, 0.5) is 0 Å². The van der Waals surface area contributed by atoms with Crippen molar-refractivity contribution in [2.75, 3.05) is 0 Å². The van der Waals surface area contributed by atoms with Crippen LogP contribution < -0.4 is 11.3 Å². The molecule has 0 radical (unpaired) electrons. The summed E-state index contributed by atoms with van der Waals surface area (Å²) in [7, 11) is 0. The average molecular weight is 246 g/mol. The molecule has 0 spiro atoms. The van der Waals surface area contributed by atoms with E-state index in [1.807, 2.05) is 24.5 Å². The highest BCUT2D eigenvalue weighted by molar-refractivity contribution is 5.81. The molecule has 2 rings (SSSR count). The fraction of sp³-hybridized carbons (Fsp3) is 0.467. The highest BCUT2D eigenvalue weighted by Crippen LogP contribution is 2.31. The number of rotatable bonds is 4. The van der Waals surface area contributed by atoms with E-state index in [-0.39, 0.29) is 6.04 Å². The molecule has 0 aliphatic rings. The highest BCUT2D eigenvalue weighted by atomic mass is 16.3. The number of para-hydroxylation sites is 1. The van der Waals surface area contributed by atoms with Gasteiger partial charge in [-0.25, -0.2) is 0 Å². The Hall–Kier alpha value is -1.32. The van der Waals surface area contributed by atoms with E-state index in [0.29, 0.717) is 5.41 Å². The van der Waals surface area contributed by atoms with E-state index >= 15 is 0 Å². The number of hydrogen-bond acceptors (Lipinski definition) is 3. The zero-order valence-corrected chi connectivity index (χ0v) is 11.4. The van der Waals surface area contributed by atoms with Crippen LogP contribution in [-0.2, 0) is 0 Å². The Labute approximate surface area is 108 Å². The van der Waals surface area contributed by atoms with E-state index < -0.39 is 0 Å². The van der Waals surface area contributed by atoms with Gasteiger partial charge in [0.15, 0.2) is 0 Å². The molecule has 1 aromatic heterocycles. The summed E-state index contributed by atoms with van der Waals surface area (Å²) in [6.07, 6.45) is 3.93. The fourth-order valence-corrected chi connectivity index (χ4v) is 2.17. The maximum atomic E-state index is 5.69. The molecule has 0 bridgehead atoms. The first-order valence-electron chi connectivity index (χ1n) is 6.43. The van der Waals surface area contributed by atoms with Crippen LogP contribution in [0.15, 0.2) is 34.9 Å². The van der Waals surface area contributed by atoms with Gasteiger partial charge in [-0.05, 0) is 24.3 Å². The van der Waals surface area contributed by atoms with E-state index in [2.05, 4.69) is 32.3 Å². The van der Waals surface area contributed by atoms with Crippen LogP contribution in [0.25, 0.3) is 11.0 Å². The third-order valence-corrected chi connectivity index (χ3v) is 3.27. The van der Waals surface area contributed by atoms with Gasteiger partial charge < -0.3 is 4.42 Å². The molecule has 2 aromatic rings. The van der Waals surface area contributed by atoms with E-state index in [4.69, 9.17) is 10.3 Å². The van der Waals surface area contributed by atoms with Gasteiger partial charge in [0.2, 0.25) is 0 Å². The van der Waals surface area contributed by atoms with Crippen LogP contribution >= 0.6 is 0 Å². The summed E-state index contributed by atoms with van der Waals surface area (Å²) >= 11 is 0. The number of fused-ring (bicyclic) bond motifs is 1. The number of hydrogen-bond donors (Lipinski definition) is 2. The second kappa shape index (κ2) is 5.12. The molecule has 1 atom stereocenters. The van der Waals surface area contributed by atoms with E-state index in [9.17, 15) is 0 Å². The van der Waals surface area contributed by atoms with Crippen LogP contribution in [-0.4, -0.2) is 0 Å². The van der Waals surface area contributed by atoms with Gasteiger partial charge in [-0.3, -0.25) is 11.3 Å². The molecule has 18 heavy (non-hydrogen) atoms. The van der Waals surface area contributed by atoms with Gasteiger partial charge in [-0.15, -0.1) is 0 Å². The maximum Gasteiger partial charge on any atom is 0.134 e. The van der Waals surface area contributed by atoms with Crippen LogP contribution in [0.1, 0.15) is 45.2 Å². The van der Waals surface area contributed by atoms with Gasteiger partial charge in [0, 0.05) is 17.0 Å². The largest absolute Gasteiger partial charge is 0.464 e. The average Bonchev–Trinajstić information content (AvgIpc) is 2.73. The molecule has 0 fully saturated rings. The summed E-state index contributed by atoms with van der Waals surface area (Å²) in [6, 6.07) is 8.22. The Balaban J connectivity index is 2.22. The van der Waals surface area contributed by atoms with Crippen molar-refractivity contribution in [1.82, 2.24) is 5.43 Å². The molecule has 0 aliphatic heterocycles. The minimum Gasteiger partial charge on any atom is -0.464 e. The molecule has 3 N–H and O–H groups in total. The topological polar surface area (TPSA) is 51.2 Å². The quantitative estimate of drug-likeness (QED) is 0.638. The SMILES string of the molecule is CC(C)(C)CCC(NN)c1coc2ccccc12. The van der Waals surface area contributed by atoms with Crippen LogP contribution in [0.2, 0.25) is 0 Å². The van der Waals surface area contributed by atoms with E-state index in [1.165, 1.54) is 0 Å². The summed E-state index contributed by atoms with van der Waals surface area (Å²) in [5, 5.41) is 1.15. The molecule has 1 unspecified atom stereocenters. The van der Waals surface area contributed by atoms with E-state index in [1.54, 1.807) is 0 Å². The zero-order valence-electron chi connectivity index (χ0n) is 11.4. The first-order valence-corrected chi connectivity index (χ1v) is 6.43. The second-order valence-corrected chi connectivity index (χ2v) is 6.01. The standard InChI is InChI=1S/C15H22N2O/c1-15(2,3)9-8-13(17-16)12-10-18-14-7-5-4-6-11(12)14/h4-7,10,13,17H,8-9,16H2,1-3H3. The smallest absolute Gasteiger partial charge is 0.134 e. The first kappa shape index (κ1) is 13.1.